The van der Waals surface area contributed by atoms with Crippen LogP contribution in [0.1, 0.15) is 43.1 Å². The van der Waals surface area contributed by atoms with Crippen LogP contribution in [0.15, 0.2) is 36.5 Å². The van der Waals surface area contributed by atoms with E-state index >= 15 is 0 Å². The number of aromatic nitrogens is 2. The third-order valence-electron chi connectivity index (χ3n) is 3.48. The van der Waals surface area contributed by atoms with Crippen LogP contribution in [0.2, 0.25) is 0 Å². The van der Waals surface area contributed by atoms with Crippen molar-refractivity contribution in [1.82, 2.24) is 15.1 Å². The lowest BCUT2D eigenvalue weighted by atomic mass is 10.0. The molecule has 0 spiro atoms. The summed E-state index contributed by atoms with van der Waals surface area (Å²) in [5.41, 5.74) is 3.95. The molecule has 2 rings (SSSR count). The molecule has 1 aromatic carbocycles. The summed E-state index contributed by atoms with van der Waals surface area (Å²) in [7, 11) is 0. The predicted octanol–water partition coefficient (Wildman–Crippen LogP) is 3.45. The second-order valence-corrected chi connectivity index (χ2v) is 5.00. The Bertz CT molecular complexity index is 516. The standard InChI is InChI=1S/C16H23N3/c1-4-11-19-15(9-10-18-19)12-17-14(3)16-8-6-5-7-13(16)2/h5-10,14,17H,4,11-12H2,1-3H3/t14-/m1/s1. The van der Waals surface area contributed by atoms with Crippen molar-refractivity contribution in [1.29, 1.82) is 0 Å². The van der Waals surface area contributed by atoms with Gasteiger partial charge >= 0.3 is 0 Å². The van der Waals surface area contributed by atoms with E-state index in [1.807, 2.05) is 6.20 Å². The van der Waals surface area contributed by atoms with Crippen LogP contribution in [0, 0.1) is 6.92 Å². The van der Waals surface area contributed by atoms with Gasteiger partial charge in [-0.15, -0.1) is 0 Å². The largest absolute Gasteiger partial charge is 0.305 e. The number of nitrogens with one attached hydrogen (secondary N) is 1. The molecule has 3 heteroatoms. The molecule has 1 aromatic heterocycles. The summed E-state index contributed by atoms with van der Waals surface area (Å²) in [5.74, 6) is 0. The normalized spacial score (nSPS) is 12.6. The Hall–Kier alpha value is -1.61. The molecule has 0 amide bonds. The molecule has 1 atom stereocenters. The molecule has 0 aliphatic rings. The number of aryl methyl sites for hydroxylation is 2. The van der Waals surface area contributed by atoms with E-state index in [1.54, 1.807) is 0 Å². The molecule has 0 aliphatic heterocycles. The summed E-state index contributed by atoms with van der Waals surface area (Å²) in [6, 6.07) is 11.0. The third-order valence-corrected chi connectivity index (χ3v) is 3.48. The van der Waals surface area contributed by atoms with E-state index in [2.05, 4.69) is 66.2 Å². The molecule has 1 heterocycles. The average molecular weight is 257 g/mol. The molecule has 0 saturated carbocycles. The van der Waals surface area contributed by atoms with Gasteiger partial charge in [0.15, 0.2) is 0 Å². The van der Waals surface area contributed by atoms with Gasteiger partial charge in [0.05, 0.1) is 5.69 Å². The van der Waals surface area contributed by atoms with Gasteiger partial charge in [0.1, 0.15) is 0 Å². The van der Waals surface area contributed by atoms with Gasteiger partial charge < -0.3 is 5.32 Å². The highest BCUT2D eigenvalue weighted by Crippen LogP contribution is 2.17. The maximum Gasteiger partial charge on any atom is 0.0522 e. The number of nitrogens with zero attached hydrogens (tertiary/aromatic N) is 2. The number of hydrogen-bond donors (Lipinski definition) is 1. The van der Waals surface area contributed by atoms with Crippen molar-refractivity contribution in [3.05, 3.63) is 53.3 Å². The smallest absolute Gasteiger partial charge is 0.0522 e. The van der Waals surface area contributed by atoms with Gasteiger partial charge in [-0.2, -0.15) is 5.10 Å². The fourth-order valence-electron chi connectivity index (χ4n) is 2.36. The minimum absolute atomic E-state index is 0.353. The molecule has 2 aromatic rings. The first-order valence-corrected chi connectivity index (χ1v) is 7.02. The zero-order valence-corrected chi connectivity index (χ0v) is 12.1. The summed E-state index contributed by atoms with van der Waals surface area (Å²) in [6.07, 6.45) is 2.99. The maximum atomic E-state index is 4.35. The van der Waals surface area contributed by atoms with Gasteiger partial charge in [0, 0.05) is 25.3 Å². The minimum Gasteiger partial charge on any atom is -0.305 e. The summed E-state index contributed by atoms with van der Waals surface area (Å²) in [6.45, 7) is 8.39. The Balaban J connectivity index is 1.98. The van der Waals surface area contributed by atoms with Crippen LogP contribution in [0.4, 0.5) is 0 Å². The van der Waals surface area contributed by atoms with Crippen molar-refractivity contribution >= 4 is 0 Å². The van der Waals surface area contributed by atoms with E-state index in [-0.39, 0.29) is 0 Å². The average Bonchev–Trinajstić information content (AvgIpc) is 2.84. The highest BCUT2D eigenvalue weighted by atomic mass is 15.3. The van der Waals surface area contributed by atoms with E-state index in [0.717, 1.165) is 19.5 Å². The van der Waals surface area contributed by atoms with Crippen molar-refractivity contribution in [2.45, 2.75) is 46.3 Å². The Morgan fingerprint density at radius 3 is 2.79 bits per heavy atom. The predicted molar refractivity (Wildman–Crippen MR) is 79.0 cm³/mol. The lowest BCUT2D eigenvalue weighted by molar-refractivity contribution is 0.516. The third kappa shape index (κ3) is 3.44. The highest BCUT2D eigenvalue weighted by Gasteiger charge is 2.08. The van der Waals surface area contributed by atoms with Crippen LogP contribution in [0.5, 0.6) is 0 Å². The Morgan fingerprint density at radius 1 is 1.26 bits per heavy atom. The lowest BCUT2D eigenvalue weighted by Gasteiger charge is -2.17. The second-order valence-electron chi connectivity index (χ2n) is 5.00. The maximum absolute atomic E-state index is 4.35. The van der Waals surface area contributed by atoms with Crippen LogP contribution >= 0.6 is 0 Å². The van der Waals surface area contributed by atoms with Crippen LogP contribution in [-0.4, -0.2) is 9.78 Å². The van der Waals surface area contributed by atoms with Crippen molar-refractivity contribution in [2.24, 2.45) is 0 Å². The molecule has 0 fully saturated rings. The van der Waals surface area contributed by atoms with Crippen molar-refractivity contribution < 1.29 is 0 Å². The molecule has 0 saturated heterocycles. The first kappa shape index (κ1) is 13.8. The quantitative estimate of drug-likeness (QED) is 0.859. The van der Waals surface area contributed by atoms with Crippen molar-refractivity contribution in [2.75, 3.05) is 0 Å². The SMILES string of the molecule is CCCn1nccc1CN[C@H](C)c1ccccc1C. The van der Waals surface area contributed by atoms with E-state index in [4.69, 9.17) is 0 Å². The molecular formula is C16H23N3. The van der Waals surface area contributed by atoms with Gasteiger partial charge in [-0.1, -0.05) is 31.2 Å². The zero-order chi connectivity index (χ0) is 13.7. The van der Waals surface area contributed by atoms with Crippen LogP contribution < -0.4 is 5.32 Å². The Labute approximate surface area is 115 Å². The molecule has 19 heavy (non-hydrogen) atoms. The van der Waals surface area contributed by atoms with Gasteiger partial charge in [-0.3, -0.25) is 4.68 Å². The van der Waals surface area contributed by atoms with E-state index in [1.165, 1.54) is 16.8 Å². The minimum atomic E-state index is 0.353. The van der Waals surface area contributed by atoms with E-state index < -0.39 is 0 Å². The molecule has 0 aliphatic carbocycles. The zero-order valence-electron chi connectivity index (χ0n) is 12.1. The molecule has 0 bridgehead atoms. The summed E-state index contributed by atoms with van der Waals surface area (Å²) >= 11 is 0. The number of hydrogen-bond acceptors (Lipinski definition) is 2. The van der Waals surface area contributed by atoms with E-state index in [0.29, 0.717) is 6.04 Å². The highest BCUT2D eigenvalue weighted by molar-refractivity contribution is 5.28. The fraction of sp³-hybridized carbons (Fsp3) is 0.438. The fourth-order valence-corrected chi connectivity index (χ4v) is 2.36. The molecule has 1 N–H and O–H groups in total. The number of benzene rings is 1. The second kappa shape index (κ2) is 6.53. The van der Waals surface area contributed by atoms with E-state index in [9.17, 15) is 0 Å². The van der Waals surface area contributed by atoms with Gasteiger partial charge in [0.25, 0.3) is 0 Å². The topological polar surface area (TPSA) is 29.9 Å². The monoisotopic (exact) mass is 257 g/mol. The number of rotatable bonds is 6. The molecule has 3 nitrogen and oxygen atoms in total. The molecule has 0 unspecified atom stereocenters. The van der Waals surface area contributed by atoms with Gasteiger partial charge in [-0.25, -0.2) is 0 Å². The Kier molecular flexibility index (Phi) is 4.74. The first-order valence-electron chi connectivity index (χ1n) is 7.02. The summed E-state index contributed by atoms with van der Waals surface area (Å²) in [4.78, 5) is 0. The molecular weight excluding hydrogens is 234 g/mol. The van der Waals surface area contributed by atoms with Gasteiger partial charge in [0.2, 0.25) is 0 Å². The van der Waals surface area contributed by atoms with Crippen molar-refractivity contribution in [3.8, 4) is 0 Å². The van der Waals surface area contributed by atoms with Crippen LogP contribution in [-0.2, 0) is 13.1 Å². The summed E-state index contributed by atoms with van der Waals surface area (Å²) < 4.78 is 2.08. The van der Waals surface area contributed by atoms with Crippen molar-refractivity contribution in [3.63, 3.8) is 0 Å². The molecule has 102 valence electrons. The summed E-state index contributed by atoms with van der Waals surface area (Å²) in [5, 5.41) is 7.93. The first-order chi connectivity index (χ1) is 9.22. The van der Waals surface area contributed by atoms with Crippen LogP contribution in [0.3, 0.4) is 0 Å². The van der Waals surface area contributed by atoms with Gasteiger partial charge in [-0.05, 0) is 37.5 Å². The Morgan fingerprint density at radius 2 is 2.05 bits per heavy atom. The lowest BCUT2D eigenvalue weighted by Crippen LogP contribution is -2.21. The molecule has 0 radical (unpaired) electrons. The van der Waals surface area contributed by atoms with Crippen LogP contribution in [0.25, 0.3) is 0 Å².